The smallest absolute Gasteiger partial charge is 0.316 e. The van der Waals surface area contributed by atoms with Gasteiger partial charge in [-0.15, -0.1) is 11.8 Å². The molecular formula is C19H19NO5S. The van der Waals surface area contributed by atoms with Crippen LogP contribution in [0.15, 0.2) is 41.3 Å². The summed E-state index contributed by atoms with van der Waals surface area (Å²) in [4.78, 5) is 24.7. The van der Waals surface area contributed by atoms with Crippen molar-refractivity contribution in [3.8, 4) is 11.5 Å². The number of amides is 1. The predicted octanol–water partition coefficient (Wildman–Crippen LogP) is 3.31. The summed E-state index contributed by atoms with van der Waals surface area (Å²) in [5, 5.41) is 2.66. The Bertz CT molecular complexity index is 837. The van der Waals surface area contributed by atoms with Crippen molar-refractivity contribution < 1.29 is 23.8 Å². The summed E-state index contributed by atoms with van der Waals surface area (Å²) < 4.78 is 15.5. The minimum Gasteiger partial charge on any atom is -0.455 e. The summed E-state index contributed by atoms with van der Waals surface area (Å²) in [5.74, 6) is 0.518. The van der Waals surface area contributed by atoms with E-state index >= 15 is 0 Å². The van der Waals surface area contributed by atoms with Crippen molar-refractivity contribution in [2.75, 3.05) is 24.5 Å². The molecule has 1 aliphatic heterocycles. The molecule has 136 valence electrons. The van der Waals surface area contributed by atoms with Crippen LogP contribution in [0.1, 0.15) is 11.1 Å². The molecule has 0 fully saturated rings. The molecule has 26 heavy (non-hydrogen) atoms. The highest BCUT2D eigenvalue weighted by Crippen LogP contribution is 2.34. The lowest BCUT2D eigenvalue weighted by Gasteiger charge is -2.08. The molecule has 1 amide bonds. The number of esters is 1. The second-order valence-corrected chi connectivity index (χ2v) is 6.86. The topological polar surface area (TPSA) is 73.9 Å². The number of ether oxygens (including phenoxy) is 3. The van der Waals surface area contributed by atoms with Gasteiger partial charge in [-0.2, -0.15) is 0 Å². The number of thioether (sulfide) groups is 1. The SMILES string of the molecule is Cc1ccc(SCC(=O)OCC(=O)Nc2ccc3c(c2)OCO3)cc1C. The van der Waals surface area contributed by atoms with Crippen LogP contribution in [-0.4, -0.2) is 31.0 Å². The number of hydrogen-bond acceptors (Lipinski definition) is 6. The summed E-state index contributed by atoms with van der Waals surface area (Å²) in [5.41, 5.74) is 2.93. The fourth-order valence-electron chi connectivity index (χ4n) is 2.31. The van der Waals surface area contributed by atoms with Gasteiger partial charge in [0.25, 0.3) is 5.91 Å². The van der Waals surface area contributed by atoms with Crippen molar-refractivity contribution in [2.45, 2.75) is 18.7 Å². The van der Waals surface area contributed by atoms with Gasteiger partial charge in [-0.25, -0.2) is 0 Å². The zero-order chi connectivity index (χ0) is 18.5. The number of benzene rings is 2. The average molecular weight is 373 g/mol. The van der Waals surface area contributed by atoms with E-state index in [2.05, 4.69) is 5.32 Å². The maximum atomic E-state index is 11.9. The van der Waals surface area contributed by atoms with E-state index in [1.807, 2.05) is 32.0 Å². The third-order valence-corrected chi connectivity index (χ3v) is 4.82. The Labute approximate surface area is 155 Å². The number of nitrogens with one attached hydrogen (secondary N) is 1. The van der Waals surface area contributed by atoms with E-state index < -0.39 is 11.9 Å². The van der Waals surface area contributed by atoms with Crippen molar-refractivity contribution in [3.05, 3.63) is 47.5 Å². The molecular weight excluding hydrogens is 354 g/mol. The van der Waals surface area contributed by atoms with Crippen LogP contribution in [0, 0.1) is 13.8 Å². The van der Waals surface area contributed by atoms with Crippen LogP contribution in [0.3, 0.4) is 0 Å². The molecule has 0 aromatic heterocycles. The highest BCUT2D eigenvalue weighted by atomic mass is 32.2. The first kappa shape index (κ1) is 18.1. The second kappa shape index (κ2) is 8.14. The van der Waals surface area contributed by atoms with Crippen molar-refractivity contribution in [3.63, 3.8) is 0 Å². The Kier molecular flexibility index (Phi) is 5.68. The molecule has 0 atom stereocenters. The standard InChI is InChI=1S/C19H19NO5S/c1-12-3-5-15(7-13(12)2)26-10-19(22)23-9-18(21)20-14-4-6-16-17(8-14)25-11-24-16/h3-8H,9-11H2,1-2H3,(H,20,21). The molecule has 0 spiro atoms. The Hall–Kier alpha value is -2.67. The third kappa shape index (κ3) is 4.70. The Balaban J connectivity index is 1.42. The summed E-state index contributed by atoms with van der Waals surface area (Å²) in [7, 11) is 0. The second-order valence-electron chi connectivity index (χ2n) is 5.81. The molecule has 0 bridgehead atoms. The van der Waals surface area contributed by atoms with E-state index in [1.54, 1.807) is 18.2 Å². The number of carbonyl (C=O) groups excluding carboxylic acids is 2. The largest absolute Gasteiger partial charge is 0.455 e. The first-order valence-corrected chi connectivity index (χ1v) is 9.05. The van der Waals surface area contributed by atoms with Crippen molar-refractivity contribution >= 4 is 29.3 Å². The first-order chi connectivity index (χ1) is 12.5. The van der Waals surface area contributed by atoms with E-state index in [0.29, 0.717) is 17.2 Å². The zero-order valence-electron chi connectivity index (χ0n) is 14.5. The summed E-state index contributed by atoms with van der Waals surface area (Å²) >= 11 is 1.38. The van der Waals surface area contributed by atoms with E-state index in [9.17, 15) is 9.59 Å². The first-order valence-electron chi connectivity index (χ1n) is 8.06. The minimum absolute atomic E-state index is 0.153. The van der Waals surface area contributed by atoms with Gasteiger partial charge < -0.3 is 19.5 Å². The molecule has 3 rings (SSSR count). The zero-order valence-corrected chi connectivity index (χ0v) is 15.4. The van der Waals surface area contributed by atoms with E-state index in [-0.39, 0.29) is 19.2 Å². The molecule has 0 unspecified atom stereocenters. The van der Waals surface area contributed by atoms with Crippen LogP contribution in [0.25, 0.3) is 0 Å². The van der Waals surface area contributed by atoms with Gasteiger partial charge in [0.1, 0.15) is 0 Å². The van der Waals surface area contributed by atoms with Crippen molar-refractivity contribution in [1.29, 1.82) is 0 Å². The quantitative estimate of drug-likeness (QED) is 0.619. The molecule has 2 aromatic carbocycles. The van der Waals surface area contributed by atoms with E-state index in [1.165, 1.54) is 22.9 Å². The molecule has 6 nitrogen and oxygen atoms in total. The molecule has 0 saturated carbocycles. The number of aryl methyl sites for hydroxylation is 2. The van der Waals surface area contributed by atoms with Crippen LogP contribution >= 0.6 is 11.8 Å². The molecule has 1 heterocycles. The van der Waals surface area contributed by atoms with Gasteiger partial charge in [0.2, 0.25) is 6.79 Å². The maximum Gasteiger partial charge on any atom is 0.316 e. The maximum absolute atomic E-state index is 11.9. The molecule has 7 heteroatoms. The van der Waals surface area contributed by atoms with Crippen LogP contribution in [0.4, 0.5) is 5.69 Å². The Morgan fingerprint density at radius 1 is 1.08 bits per heavy atom. The van der Waals surface area contributed by atoms with E-state index in [0.717, 1.165) is 4.90 Å². The van der Waals surface area contributed by atoms with Crippen molar-refractivity contribution in [1.82, 2.24) is 0 Å². The minimum atomic E-state index is -0.436. The Morgan fingerprint density at radius 3 is 2.69 bits per heavy atom. The van der Waals surface area contributed by atoms with Crippen LogP contribution in [0.2, 0.25) is 0 Å². The molecule has 1 N–H and O–H groups in total. The fraction of sp³-hybridized carbons (Fsp3) is 0.263. The molecule has 1 aliphatic rings. The average Bonchev–Trinajstić information content (AvgIpc) is 3.08. The number of carbonyl (C=O) groups is 2. The van der Waals surface area contributed by atoms with Gasteiger partial charge in [0.15, 0.2) is 18.1 Å². The van der Waals surface area contributed by atoms with Gasteiger partial charge in [-0.05, 0) is 49.2 Å². The molecule has 0 aliphatic carbocycles. The van der Waals surface area contributed by atoms with Crippen LogP contribution in [0.5, 0.6) is 11.5 Å². The summed E-state index contributed by atoms with van der Waals surface area (Å²) in [6.45, 7) is 3.90. The highest BCUT2D eigenvalue weighted by molar-refractivity contribution is 8.00. The van der Waals surface area contributed by atoms with Gasteiger partial charge in [0, 0.05) is 16.6 Å². The third-order valence-electron chi connectivity index (χ3n) is 3.86. The summed E-state index contributed by atoms with van der Waals surface area (Å²) in [6, 6.07) is 11.1. The van der Waals surface area contributed by atoms with Crippen LogP contribution < -0.4 is 14.8 Å². The highest BCUT2D eigenvalue weighted by Gasteiger charge is 2.15. The van der Waals surface area contributed by atoms with Gasteiger partial charge in [0.05, 0.1) is 5.75 Å². The summed E-state index contributed by atoms with van der Waals surface area (Å²) in [6.07, 6.45) is 0. The Morgan fingerprint density at radius 2 is 1.88 bits per heavy atom. The predicted molar refractivity (Wildman–Crippen MR) is 98.8 cm³/mol. The fourth-order valence-corrected chi connectivity index (χ4v) is 3.10. The number of hydrogen-bond donors (Lipinski definition) is 1. The van der Waals surface area contributed by atoms with Crippen LogP contribution in [-0.2, 0) is 14.3 Å². The lowest BCUT2D eigenvalue weighted by Crippen LogP contribution is -2.21. The lowest BCUT2D eigenvalue weighted by molar-refractivity contribution is -0.144. The van der Waals surface area contributed by atoms with E-state index in [4.69, 9.17) is 14.2 Å². The monoisotopic (exact) mass is 373 g/mol. The number of anilines is 1. The molecule has 0 radical (unpaired) electrons. The van der Waals surface area contributed by atoms with Gasteiger partial charge in [-0.3, -0.25) is 9.59 Å². The van der Waals surface area contributed by atoms with Crippen molar-refractivity contribution in [2.24, 2.45) is 0 Å². The number of rotatable bonds is 6. The normalized spacial score (nSPS) is 11.9. The number of fused-ring (bicyclic) bond motifs is 1. The molecule has 0 saturated heterocycles. The van der Waals surface area contributed by atoms with Gasteiger partial charge in [-0.1, -0.05) is 6.07 Å². The molecule has 2 aromatic rings. The van der Waals surface area contributed by atoms with Gasteiger partial charge >= 0.3 is 5.97 Å². The lowest BCUT2D eigenvalue weighted by atomic mass is 10.1.